The van der Waals surface area contributed by atoms with Crippen LogP contribution >= 0.6 is 0 Å². The summed E-state index contributed by atoms with van der Waals surface area (Å²) in [4.78, 5) is 0. The van der Waals surface area contributed by atoms with E-state index in [1.807, 2.05) is 0 Å². The fourth-order valence-electron chi connectivity index (χ4n) is 2.24. The van der Waals surface area contributed by atoms with Gasteiger partial charge in [0.2, 0.25) is 0 Å². The molecule has 2 rings (SSSR count). The van der Waals surface area contributed by atoms with E-state index in [0.717, 1.165) is 0 Å². The highest BCUT2D eigenvalue weighted by molar-refractivity contribution is 5.33. The van der Waals surface area contributed by atoms with Crippen LogP contribution in [0.4, 0.5) is 4.39 Å². The van der Waals surface area contributed by atoms with E-state index in [2.05, 4.69) is 0 Å². The minimum atomic E-state index is -0.808. The van der Waals surface area contributed by atoms with Gasteiger partial charge < -0.3 is 15.6 Å². The third-order valence-electron chi connectivity index (χ3n) is 3.35. The molecule has 0 heterocycles. The third-order valence-corrected chi connectivity index (χ3v) is 3.35. The Morgan fingerprint density at radius 2 is 1.85 bits per heavy atom. The lowest BCUT2D eigenvalue weighted by molar-refractivity contribution is 0.147. The minimum absolute atomic E-state index is 0.224. The summed E-state index contributed by atoms with van der Waals surface area (Å²) in [5, 5.41) is 10.5. The van der Waals surface area contributed by atoms with Crippen molar-refractivity contribution in [2.24, 2.45) is 5.73 Å². The van der Waals surface area contributed by atoms with Crippen molar-refractivity contribution in [2.75, 3.05) is 13.7 Å². The van der Waals surface area contributed by atoms with Crippen molar-refractivity contribution in [1.29, 1.82) is 0 Å². The maximum Gasteiger partial charge on any atom is 0.123 e. The second kappa shape index (κ2) is 6.50. The van der Waals surface area contributed by atoms with Crippen LogP contribution in [0.3, 0.4) is 0 Å². The molecule has 20 heavy (non-hydrogen) atoms. The average molecular weight is 275 g/mol. The highest BCUT2D eigenvalue weighted by Crippen LogP contribution is 2.31. The van der Waals surface area contributed by atoms with Gasteiger partial charge in [-0.3, -0.25) is 0 Å². The van der Waals surface area contributed by atoms with Crippen molar-refractivity contribution in [1.82, 2.24) is 0 Å². The first-order valence-electron chi connectivity index (χ1n) is 6.43. The third kappa shape index (κ3) is 3.15. The number of hydrogen-bond acceptors (Lipinski definition) is 3. The molecule has 0 aliphatic rings. The predicted molar refractivity (Wildman–Crippen MR) is 76.1 cm³/mol. The number of methoxy groups -OCH3 is 1. The van der Waals surface area contributed by atoms with Gasteiger partial charge in [-0.05, 0) is 35.4 Å². The highest BCUT2D eigenvalue weighted by Gasteiger charge is 2.22. The summed E-state index contributed by atoms with van der Waals surface area (Å²) in [5.74, 6) is -0.0341. The van der Waals surface area contributed by atoms with Crippen LogP contribution in [0.1, 0.15) is 23.1 Å². The molecule has 0 saturated heterocycles. The van der Waals surface area contributed by atoms with Crippen LogP contribution in [-0.2, 0) is 0 Å². The molecule has 0 aliphatic heterocycles. The largest absolute Gasteiger partial charge is 0.497 e. The van der Waals surface area contributed by atoms with E-state index in [1.165, 1.54) is 12.1 Å². The van der Waals surface area contributed by atoms with Crippen LogP contribution in [0, 0.1) is 5.82 Å². The number of aliphatic hydroxyl groups excluding tert-OH is 1. The van der Waals surface area contributed by atoms with Crippen molar-refractivity contribution < 1.29 is 14.2 Å². The quantitative estimate of drug-likeness (QED) is 0.882. The van der Waals surface area contributed by atoms with E-state index in [4.69, 9.17) is 10.5 Å². The molecule has 0 aliphatic carbocycles. The van der Waals surface area contributed by atoms with Crippen molar-refractivity contribution in [3.8, 4) is 5.75 Å². The number of nitrogens with two attached hydrogens (primary N) is 1. The summed E-state index contributed by atoms with van der Waals surface area (Å²) in [7, 11) is 1.57. The van der Waals surface area contributed by atoms with Crippen molar-refractivity contribution >= 4 is 0 Å². The molecule has 3 nitrogen and oxygen atoms in total. The molecule has 0 spiro atoms. The van der Waals surface area contributed by atoms with Gasteiger partial charge in [0.05, 0.1) is 13.2 Å². The molecule has 106 valence electrons. The Balaban J connectivity index is 2.30. The lowest BCUT2D eigenvalue weighted by Crippen LogP contribution is -2.20. The van der Waals surface area contributed by atoms with E-state index in [9.17, 15) is 9.50 Å². The Morgan fingerprint density at radius 1 is 1.15 bits per heavy atom. The maximum absolute atomic E-state index is 13.3. The minimum Gasteiger partial charge on any atom is -0.497 e. The van der Waals surface area contributed by atoms with Gasteiger partial charge in [-0.1, -0.05) is 24.3 Å². The van der Waals surface area contributed by atoms with Crippen LogP contribution in [0.25, 0.3) is 0 Å². The molecule has 0 radical (unpaired) electrons. The lowest BCUT2D eigenvalue weighted by Gasteiger charge is -2.22. The molecule has 2 aromatic carbocycles. The fraction of sp³-hybridized carbons (Fsp3) is 0.250. The van der Waals surface area contributed by atoms with Gasteiger partial charge >= 0.3 is 0 Å². The molecule has 4 heteroatoms. The zero-order valence-corrected chi connectivity index (χ0v) is 11.3. The number of ether oxygens (including phenoxy) is 1. The van der Waals surface area contributed by atoms with E-state index in [0.29, 0.717) is 16.9 Å². The SMILES string of the molecule is COc1cccc(C(O)C(CN)c2cccc(F)c2)c1. The van der Waals surface area contributed by atoms with Gasteiger partial charge in [0.25, 0.3) is 0 Å². The molecule has 2 aromatic rings. The van der Waals surface area contributed by atoms with E-state index in [1.54, 1.807) is 43.5 Å². The Morgan fingerprint density at radius 3 is 2.50 bits per heavy atom. The number of hydrogen-bond donors (Lipinski definition) is 2. The molecule has 3 N–H and O–H groups in total. The average Bonchev–Trinajstić information content (AvgIpc) is 2.48. The molecule has 0 amide bonds. The van der Waals surface area contributed by atoms with Crippen molar-refractivity contribution in [2.45, 2.75) is 12.0 Å². The fourth-order valence-corrected chi connectivity index (χ4v) is 2.24. The topological polar surface area (TPSA) is 55.5 Å². The predicted octanol–water partition coefficient (Wildman–Crippen LogP) is 2.61. The summed E-state index contributed by atoms with van der Waals surface area (Å²) < 4.78 is 18.4. The smallest absolute Gasteiger partial charge is 0.123 e. The Hall–Kier alpha value is -1.91. The lowest BCUT2D eigenvalue weighted by atomic mass is 9.89. The molecule has 0 aromatic heterocycles. The standard InChI is InChI=1S/C16H18FNO2/c1-20-14-7-3-5-12(9-14)16(19)15(10-18)11-4-2-6-13(17)8-11/h2-9,15-16,19H,10,18H2,1H3. The van der Waals surface area contributed by atoms with Gasteiger partial charge in [-0.2, -0.15) is 0 Å². The number of rotatable bonds is 5. The van der Waals surface area contributed by atoms with Crippen LogP contribution in [0.5, 0.6) is 5.75 Å². The molecule has 2 unspecified atom stereocenters. The second-order valence-corrected chi connectivity index (χ2v) is 4.62. The van der Waals surface area contributed by atoms with E-state index in [-0.39, 0.29) is 18.3 Å². The summed E-state index contributed by atoms with van der Waals surface area (Å²) in [6, 6.07) is 13.3. The number of halogens is 1. The zero-order chi connectivity index (χ0) is 14.5. The molecule has 2 atom stereocenters. The summed E-state index contributed by atoms with van der Waals surface area (Å²) in [6.07, 6.45) is -0.808. The van der Waals surface area contributed by atoms with E-state index < -0.39 is 6.10 Å². The van der Waals surface area contributed by atoms with Crippen LogP contribution in [-0.4, -0.2) is 18.8 Å². The molecule has 0 saturated carbocycles. The Bertz CT molecular complexity index is 574. The maximum atomic E-state index is 13.3. The van der Waals surface area contributed by atoms with Gasteiger partial charge in [-0.25, -0.2) is 4.39 Å². The second-order valence-electron chi connectivity index (χ2n) is 4.62. The van der Waals surface area contributed by atoms with E-state index >= 15 is 0 Å². The summed E-state index contributed by atoms with van der Waals surface area (Å²) in [5.41, 5.74) is 7.13. The first kappa shape index (κ1) is 14.5. The van der Waals surface area contributed by atoms with Gasteiger partial charge in [0, 0.05) is 12.5 Å². The van der Waals surface area contributed by atoms with Gasteiger partial charge in [0.1, 0.15) is 11.6 Å². The monoisotopic (exact) mass is 275 g/mol. The number of aliphatic hydroxyl groups is 1. The van der Waals surface area contributed by atoms with Crippen LogP contribution in [0.2, 0.25) is 0 Å². The van der Waals surface area contributed by atoms with Crippen LogP contribution in [0.15, 0.2) is 48.5 Å². The number of benzene rings is 2. The zero-order valence-electron chi connectivity index (χ0n) is 11.3. The van der Waals surface area contributed by atoms with Gasteiger partial charge in [0.15, 0.2) is 0 Å². The van der Waals surface area contributed by atoms with Gasteiger partial charge in [-0.15, -0.1) is 0 Å². The summed E-state index contributed by atoms with van der Waals surface area (Å²) in [6.45, 7) is 0.224. The first-order chi connectivity index (χ1) is 9.65. The van der Waals surface area contributed by atoms with Crippen molar-refractivity contribution in [3.05, 3.63) is 65.5 Å². The van der Waals surface area contributed by atoms with Crippen LogP contribution < -0.4 is 10.5 Å². The Kier molecular flexibility index (Phi) is 4.71. The molecular formula is C16H18FNO2. The van der Waals surface area contributed by atoms with Crippen molar-refractivity contribution in [3.63, 3.8) is 0 Å². The Labute approximate surface area is 117 Å². The molecule has 0 bridgehead atoms. The molecular weight excluding hydrogens is 257 g/mol. The molecule has 0 fully saturated rings. The highest BCUT2D eigenvalue weighted by atomic mass is 19.1. The first-order valence-corrected chi connectivity index (χ1v) is 6.43. The normalized spacial score (nSPS) is 13.8. The summed E-state index contributed by atoms with van der Waals surface area (Å²) >= 11 is 0.